The number of imidazole rings is 1. The fraction of sp³-hybridized carbons (Fsp3) is 0.100. The maximum absolute atomic E-state index is 4.35. The van der Waals surface area contributed by atoms with E-state index in [1.807, 2.05) is 6.33 Å². The van der Waals surface area contributed by atoms with Crippen molar-refractivity contribution in [1.82, 2.24) is 9.55 Å². The van der Waals surface area contributed by atoms with E-state index in [9.17, 15) is 0 Å². The summed E-state index contributed by atoms with van der Waals surface area (Å²) in [6.07, 6.45) is 4.07. The molecule has 0 aliphatic carbocycles. The zero-order chi connectivity index (χ0) is 8.67. The van der Waals surface area contributed by atoms with Crippen LogP contribution >= 0.6 is 11.8 Å². The Morgan fingerprint density at radius 1 is 1.38 bits per heavy atom. The van der Waals surface area contributed by atoms with Crippen molar-refractivity contribution in [3.05, 3.63) is 36.0 Å². The van der Waals surface area contributed by atoms with Gasteiger partial charge in [-0.25, -0.2) is 4.98 Å². The lowest BCUT2D eigenvalue weighted by atomic mass is 10.3. The van der Waals surface area contributed by atoms with Crippen molar-refractivity contribution in [1.29, 1.82) is 0 Å². The zero-order valence-corrected chi connectivity index (χ0v) is 7.79. The van der Waals surface area contributed by atoms with E-state index in [-0.39, 0.29) is 0 Å². The first-order valence-electron chi connectivity index (χ1n) is 4.21. The van der Waals surface area contributed by atoms with Gasteiger partial charge in [-0.05, 0) is 17.5 Å². The third-order valence-electron chi connectivity index (χ3n) is 2.19. The fourth-order valence-electron chi connectivity index (χ4n) is 1.60. The van der Waals surface area contributed by atoms with Gasteiger partial charge < -0.3 is 4.57 Å². The minimum atomic E-state index is 0.931. The van der Waals surface area contributed by atoms with Gasteiger partial charge in [0.05, 0.1) is 17.4 Å². The van der Waals surface area contributed by atoms with Crippen LogP contribution in [0.2, 0.25) is 0 Å². The summed E-state index contributed by atoms with van der Waals surface area (Å²) in [7, 11) is 0. The molecule has 1 aliphatic heterocycles. The van der Waals surface area contributed by atoms with Gasteiger partial charge in [-0.3, -0.25) is 0 Å². The van der Waals surface area contributed by atoms with Crippen LogP contribution in [-0.4, -0.2) is 9.55 Å². The van der Waals surface area contributed by atoms with Crippen molar-refractivity contribution in [3.63, 3.8) is 0 Å². The molecule has 0 saturated heterocycles. The van der Waals surface area contributed by atoms with Crippen LogP contribution in [-0.2, 0) is 6.54 Å². The van der Waals surface area contributed by atoms with Crippen LogP contribution in [0.15, 0.2) is 40.9 Å². The second kappa shape index (κ2) is 2.64. The molecular formula is C10H8N2S. The summed E-state index contributed by atoms with van der Waals surface area (Å²) in [6, 6.07) is 6.25. The van der Waals surface area contributed by atoms with E-state index in [2.05, 4.69) is 39.2 Å². The number of aromatic nitrogens is 2. The first-order valence-corrected chi connectivity index (χ1v) is 5.08. The van der Waals surface area contributed by atoms with Gasteiger partial charge in [0.15, 0.2) is 0 Å². The quantitative estimate of drug-likeness (QED) is 0.632. The lowest BCUT2D eigenvalue weighted by Gasteiger charge is -2.00. The summed E-state index contributed by atoms with van der Waals surface area (Å²) >= 11 is 1.77. The molecule has 1 aromatic carbocycles. The highest BCUT2D eigenvalue weighted by atomic mass is 32.2. The molecule has 1 aromatic heterocycles. The number of para-hydroxylation sites is 1. The molecule has 3 rings (SSSR count). The molecule has 64 valence electrons. The molecule has 0 spiro atoms. The van der Waals surface area contributed by atoms with Crippen LogP contribution < -0.4 is 0 Å². The minimum Gasteiger partial charge on any atom is -0.326 e. The Bertz CT molecular complexity index is 485. The van der Waals surface area contributed by atoms with Crippen molar-refractivity contribution in [3.8, 4) is 0 Å². The van der Waals surface area contributed by atoms with Gasteiger partial charge in [0.1, 0.15) is 0 Å². The number of nitrogens with zero attached hydrogens (tertiary/aromatic N) is 2. The first-order chi connectivity index (χ1) is 6.45. The molecule has 0 N–H and O–H groups in total. The third kappa shape index (κ3) is 1.00. The fourth-order valence-corrected chi connectivity index (χ4v) is 2.42. The minimum absolute atomic E-state index is 0.931. The second-order valence-electron chi connectivity index (χ2n) is 3.01. The maximum Gasteiger partial charge on any atom is 0.0961 e. The molecular weight excluding hydrogens is 180 g/mol. The van der Waals surface area contributed by atoms with Crippen LogP contribution in [0.1, 0.15) is 0 Å². The Kier molecular flexibility index (Phi) is 1.46. The van der Waals surface area contributed by atoms with E-state index < -0.39 is 0 Å². The average molecular weight is 188 g/mol. The summed E-state index contributed by atoms with van der Waals surface area (Å²) in [6.45, 7) is 0.931. The van der Waals surface area contributed by atoms with Crippen LogP contribution in [0.3, 0.4) is 0 Å². The predicted molar refractivity (Wildman–Crippen MR) is 54.7 cm³/mol. The number of allylic oxidation sites excluding steroid dienone is 1. The van der Waals surface area contributed by atoms with Crippen LogP contribution in [0, 0.1) is 0 Å². The molecule has 0 bridgehead atoms. The van der Waals surface area contributed by atoms with Crippen LogP contribution in [0.25, 0.3) is 11.0 Å². The highest BCUT2D eigenvalue weighted by Gasteiger charge is 2.08. The zero-order valence-electron chi connectivity index (χ0n) is 6.97. The molecule has 1 aliphatic rings. The Balaban J connectivity index is 2.45. The van der Waals surface area contributed by atoms with Crippen molar-refractivity contribution >= 4 is 22.8 Å². The van der Waals surface area contributed by atoms with Gasteiger partial charge in [0.2, 0.25) is 0 Å². The van der Waals surface area contributed by atoms with E-state index in [4.69, 9.17) is 0 Å². The first kappa shape index (κ1) is 7.21. The van der Waals surface area contributed by atoms with E-state index in [0.717, 1.165) is 12.1 Å². The smallest absolute Gasteiger partial charge is 0.0961 e. The molecule has 0 atom stereocenters. The summed E-state index contributed by atoms with van der Waals surface area (Å²) < 4.78 is 2.18. The SMILES string of the molecule is C1=CSc2cccc3ncn(c23)C1. The third-order valence-corrected chi connectivity index (χ3v) is 3.11. The second-order valence-corrected chi connectivity index (χ2v) is 3.96. The number of hydrogen-bond donors (Lipinski definition) is 0. The molecule has 2 nitrogen and oxygen atoms in total. The molecule has 0 fully saturated rings. The van der Waals surface area contributed by atoms with Gasteiger partial charge in [-0.2, -0.15) is 0 Å². The Hall–Kier alpha value is -1.22. The average Bonchev–Trinajstić information content (AvgIpc) is 2.44. The van der Waals surface area contributed by atoms with Gasteiger partial charge in [-0.15, -0.1) is 0 Å². The standard InChI is InChI=1S/C10H8N2S/c1-3-8-10-9(4-1)13-6-2-5-12(10)7-11-8/h1-4,6-7H,5H2. The molecule has 0 radical (unpaired) electrons. The summed E-state index contributed by atoms with van der Waals surface area (Å²) in [5.74, 6) is 0. The van der Waals surface area contributed by atoms with E-state index >= 15 is 0 Å². The van der Waals surface area contributed by atoms with Crippen molar-refractivity contribution in [2.45, 2.75) is 11.4 Å². The largest absolute Gasteiger partial charge is 0.326 e. The lowest BCUT2D eigenvalue weighted by molar-refractivity contribution is 0.846. The monoisotopic (exact) mass is 188 g/mol. The van der Waals surface area contributed by atoms with Crippen LogP contribution in [0.4, 0.5) is 0 Å². The molecule has 0 saturated carbocycles. The number of rotatable bonds is 0. The van der Waals surface area contributed by atoms with Gasteiger partial charge >= 0.3 is 0 Å². The van der Waals surface area contributed by atoms with Crippen molar-refractivity contribution < 1.29 is 0 Å². The molecule has 2 aromatic rings. The highest BCUT2D eigenvalue weighted by Crippen LogP contribution is 2.30. The summed E-state index contributed by atoms with van der Waals surface area (Å²) in [4.78, 5) is 5.64. The van der Waals surface area contributed by atoms with Gasteiger partial charge in [-0.1, -0.05) is 23.9 Å². The van der Waals surface area contributed by atoms with E-state index in [1.165, 1.54) is 10.4 Å². The molecule has 0 unspecified atom stereocenters. The lowest BCUT2D eigenvalue weighted by Crippen LogP contribution is -1.91. The van der Waals surface area contributed by atoms with E-state index in [0.29, 0.717) is 0 Å². The molecule has 2 heterocycles. The Morgan fingerprint density at radius 2 is 2.38 bits per heavy atom. The number of benzene rings is 1. The predicted octanol–water partition coefficient (Wildman–Crippen LogP) is 2.66. The van der Waals surface area contributed by atoms with Gasteiger partial charge in [0, 0.05) is 11.4 Å². The topological polar surface area (TPSA) is 17.8 Å². The van der Waals surface area contributed by atoms with Crippen molar-refractivity contribution in [2.75, 3.05) is 0 Å². The molecule has 3 heteroatoms. The number of thioether (sulfide) groups is 1. The number of hydrogen-bond acceptors (Lipinski definition) is 2. The summed E-state index contributed by atoms with van der Waals surface area (Å²) in [5.41, 5.74) is 2.35. The maximum atomic E-state index is 4.35. The Morgan fingerprint density at radius 3 is 3.38 bits per heavy atom. The summed E-state index contributed by atoms with van der Waals surface area (Å²) in [5, 5.41) is 2.14. The molecule has 0 amide bonds. The highest BCUT2D eigenvalue weighted by molar-refractivity contribution is 8.02. The van der Waals surface area contributed by atoms with Crippen LogP contribution in [0.5, 0.6) is 0 Å². The normalized spacial score (nSPS) is 14.8. The van der Waals surface area contributed by atoms with E-state index in [1.54, 1.807) is 11.8 Å². The molecule has 13 heavy (non-hydrogen) atoms. The van der Waals surface area contributed by atoms with Gasteiger partial charge in [0.25, 0.3) is 0 Å². The Labute approximate surface area is 80.3 Å². The van der Waals surface area contributed by atoms with Crippen molar-refractivity contribution in [2.24, 2.45) is 0 Å².